The van der Waals surface area contributed by atoms with Crippen LogP contribution in [0.1, 0.15) is 21.5 Å². The minimum absolute atomic E-state index is 0.142. The number of benzene rings is 3. The smallest absolute Gasteiger partial charge is 0.262 e. The molecular formula is C23H22N2O3. The Hall–Kier alpha value is -3.60. The van der Waals surface area contributed by atoms with Gasteiger partial charge in [-0.25, -0.2) is 0 Å². The Kier molecular flexibility index (Phi) is 6.07. The molecule has 0 radical (unpaired) electrons. The number of nitrogens with one attached hydrogen (secondary N) is 2. The van der Waals surface area contributed by atoms with Crippen LogP contribution in [0.15, 0.2) is 72.8 Å². The first-order valence-electron chi connectivity index (χ1n) is 8.97. The summed E-state index contributed by atoms with van der Waals surface area (Å²) in [5.74, 6) is -0.0106. The van der Waals surface area contributed by atoms with E-state index in [1.54, 1.807) is 24.3 Å². The number of carbonyl (C=O) groups excluding carboxylic acids is 2. The highest BCUT2D eigenvalue weighted by Crippen LogP contribution is 2.18. The largest absolute Gasteiger partial charge is 0.484 e. The van der Waals surface area contributed by atoms with E-state index in [4.69, 9.17) is 4.74 Å². The molecule has 0 heterocycles. The third-order valence-electron chi connectivity index (χ3n) is 4.11. The van der Waals surface area contributed by atoms with Gasteiger partial charge in [-0.1, -0.05) is 42.0 Å². The normalized spacial score (nSPS) is 10.2. The summed E-state index contributed by atoms with van der Waals surface area (Å²) in [5.41, 5.74) is 3.68. The highest BCUT2D eigenvalue weighted by Gasteiger charge is 2.14. The van der Waals surface area contributed by atoms with Crippen molar-refractivity contribution in [2.75, 3.05) is 17.2 Å². The Morgan fingerprint density at radius 3 is 2.32 bits per heavy atom. The van der Waals surface area contributed by atoms with Crippen molar-refractivity contribution in [3.63, 3.8) is 0 Å². The van der Waals surface area contributed by atoms with Gasteiger partial charge in [-0.05, 0) is 55.8 Å². The van der Waals surface area contributed by atoms with Crippen LogP contribution in [0.5, 0.6) is 5.75 Å². The molecule has 0 fully saturated rings. The van der Waals surface area contributed by atoms with Crippen molar-refractivity contribution >= 4 is 23.2 Å². The zero-order chi connectivity index (χ0) is 19.9. The van der Waals surface area contributed by atoms with E-state index in [-0.39, 0.29) is 18.4 Å². The predicted octanol–water partition coefficient (Wildman–Crippen LogP) is 4.57. The molecule has 0 spiro atoms. The first-order valence-corrected chi connectivity index (χ1v) is 8.97. The molecule has 0 atom stereocenters. The average Bonchev–Trinajstić information content (AvgIpc) is 2.68. The van der Waals surface area contributed by atoms with Crippen molar-refractivity contribution in [3.8, 4) is 5.75 Å². The van der Waals surface area contributed by atoms with Crippen molar-refractivity contribution < 1.29 is 14.3 Å². The zero-order valence-electron chi connectivity index (χ0n) is 15.9. The molecule has 28 heavy (non-hydrogen) atoms. The number of carbonyl (C=O) groups is 2. The molecule has 0 aromatic heterocycles. The molecule has 3 aromatic rings. The van der Waals surface area contributed by atoms with E-state index in [0.29, 0.717) is 22.7 Å². The maximum atomic E-state index is 12.6. The van der Waals surface area contributed by atoms with Gasteiger partial charge in [0.1, 0.15) is 5.75 Å². The zero-order valence-corrected chi connectivity index (χ0v) is 15.9. The maximum Gasteiger partial charge on any atom is 0.262 e. The van der Waals surface area contributed by atoms with Crippen molar-refractivity contribution in [3.05, 3.63) is 89.5 Å². The lowest BCUT2D eigenvalue weighted by atomic mass is 10.1. The Morgan fingerprint density at radius 1 is 0.821 bits per heavy atom. The van der Waals surface area contributed by atoms with Gasteiger partial charge in [0.2, 0.25) is 0 Å². The van der Waals surface area contributed by atoms with Gasteiger partial charge in [0.15, 0.2) is 6.61 Å². The summed E-state index contributed by atoms with van der Waals surface area (Å²) in [7, 11) is 0. The van der Waals surface area contributed by atoms with E-state index < -0.39 is 0 Å². The molecular weight excluding hydrogens is 352 g/mol. The van der Waals surface area contributed by atoms with Gasteiger partial charge >= 0.3 is 0 Å². The number of ether oxygens (including phenoxy) is 1. The van der Waals surface area contributed by atoms with Crippen molar-refractivity contribution in [2.24, 2.45) is 0 Å². The number of hydrogen-bond donors (Lipinski definition) is 2. The lowest BCUT2D eigenvalue weighted by molar-refractivity contribution is -0.118. The molecule has 0 saturated heterocycles. The Morgan fingerprint density at radius 2 is 1.57 bits per heavy atom. The summed E-state index contributed by atoms with van der Waals surface area (Å²) in [5, 5.41) is 5.60. The third kappa shape index (κ3) is 5.20. The molecule has 2 N–H and O–H groups in total. The van der Waals surface area contributed by atoms with Gasteiger partial charge < -0.3 is 15.4 Å². The second kappa shape index (κ2) is 8.86. The summed E-state index contributed by atoms with van der Waals surface area (Å²) in [4.78, 5) is 24.9. The number of aryl methyl sites for hydroxylation is 2. The van der Waals surface area contributed by atoms with E-state index in [9.17, 15) is 9.59 Å². The topological polar surface area (TPSA) is 67.4 Å². The van der Waals surface area contributed by atoms with Crippen molar-refractivity contribution in [1.82, 2.24) is 0 Å². The van der Waals surface area contributed by atoms with Gasteiger partial charge in [-0.15, -0.1) is 0 Å². The third-order valence-corrected chi connectivity index (χ3v) is 4.11. The van der Waals surface area contributed by atoms with Crippen molar-refractivity contribution in [1.29, 1.82) is 0 Å². The molecule has 0 bridgehead atoms. The summed E-state index contributed by atoms with van der Waals surface area (Å²) in [6, 6.07) is 21.9. The van der Waals surface area contributed by atoms with E-state index >= 15 is 0 Å². The van der Waals surface area contributed by atoms with Crippen molar-refractivity contribution in [2.45, 2.75) is 13.8 Å². The highest BCUT2D eigenvalue weighted by molar-refractivity contribution is 6.10. The predicted molar refractivity (Wildman–Crippen MR) is 111 cm³/mol. The monoisotopic (exact) mass is 374 g/mol. The fourth-order valence-electron chi connectivity index (χ4n) is 2.68. The molecule has 5 heteroatoms. The number of amides is 2. The molecule has 0 unspecified atom stereocenters. The number of para-hydroxylation sites is 1. The molecule has 3 rings (SSSR count). The maximum absolute atomic E-state index is 12.6. The Balaban J connectivity index is 1.65. The van der Waals surface area contributed by atoms with Gasteiger partial charge in [-0.3, -0.25) is 9.59 Å². The van der Waals surface area contributed by atoms with E-state index in [0.717, 1.165) is 11.1 Å². The molecule has 0 aliphatic heterocycles. The van der Waals surface area contributed by atoms with Crippen LogP contribution in [0.2, 0.25) is 0 Å². The Bertz CT molecular complexity index is 981. The summed E-state index contributed by atoms with van der Waals surface area (Å²) < 4.78 is 5.49. The molecule has 0 aliphatic rings. The van der Waals surface area contributed by atoms with Gasteiger partial charge in [0, 0.05) is 5.69 Å². The fourth-order valence-corrected chi connectivity index (χ4v) is 2.68. The van der Waals surface area contributed by atoms with Crippen LogP contribution in [0, 0.1) is 13.8 Å². The number of rotatable bonds is 6. The SMILES string of the molecule is Cc1ccc(OCC(=O)Nc2ccccc2C(=O)Nc2cccc(C)c2)cc1. The highest BCUT2D eigenvalue weighted by atomic mass is 16.5. The van der Waals surface area contributed by atoms with Crippen LogP contribution in [0.25, 0.3) is 0 Å². The van der Waals surface area contributed by atoms with E-state index in [1.807, 2.05) is 62.4 Å². The van der Waals surface area contributed by atoms with Gasteiger partial charge in [-0.2, -0.15) is 0 Å². The summed E-state index contributed by atoms with van der Waals surface area (Å²) in [6.07, 6.45) is 0. The summed E-state index contributed by atoms with van der Waals surface area (Å²) >= 11 is 0. The lowest BCUT2D eigenvalue weighted by Gasteiger charge is -2.12. The quantitative estimate of drug-likeness (QED) is 0.664. The second-order valence-corrected chi connectivity index (χ2v) is 6.52. The number of anilines is 2. The average molecular weight is 374 g/mol. The molecule has 142 valence electrons. The van der Waals surface area contributed by atoms with Gasteiger partial charge in [0.25, 0.3) is 11.8 Å². The van der Waals surface area contributed by atoms with Crippen LogP contribution in [-0.2, 0) is 4.79 Å². The van der Waals surface area contributed by atoms with Crippen LogP contribution in [-0.4, -0.2) is 18.4 Å². The molecule has 2 amide bonds. The van der Waals surface area contributed by atoms with E-state index in [1.165, 1.54) is 0 Å². The van der Waals surface area contributed by atoms with Crippen LogP contribution < -0.4 is 15.4 Å². The Labute approximate surface area is 164 Å². The summed E-state index contributed by atoms with van der Waals surface area (Å²) in [6.45, 7) is 3.80. The molecule has 0 saturated carbocycles. The first kappa shape index (κ1) is 19.2. The minimum Gasteiger partial charge on any atom is -0.484 e. The molecule has 0 aliphatic carbocycles. The first-order chi connectivity index (χ1) is 13.5. The van der Waals surface area contributed by atoms with Crippen LogP contribution in [0.3, 0.4) is 0 Å². The fraction of sp³-hybridized carbons (Fsp3) is 0.130. The number of hydrogen-bond acceptors (Lipinski definition) is 3. The second-order valence-electron chi connectivity index (χ2n) is 6.52. The standard InChI is InChI=1S/C23H22N2O3/c1-16-10-12-19(13-11-16)28-15-22(26)25-21-9-4-3-8-20(21)23(27)24-18-7-5-6-17(2)14-18/h3-14H,15H2,1-2H3,(H,24,27)(H,25,26). The van der Waals surface area contributed by atoms with Crippen LogP contribution in [0.4, 0.5) is 11.4 Å². The molecule has 3 aromatic carbocycles. The van der Waals surface area contributed by atoms with E-state index in [2.05, 4.69) is 10.6 Å². The lowest BCUT2D eigenvalue weighted by Crippen LogP contribution is -2.22. The minimum atomic E-state index is -0.337. The molecule has 5 nitrogen and oxygen atoms in total. The van der Waals surface area contributed by atoms with Crippen LogP contribution >= 0.6 is 0 Å². The van der Waals surface area contributed by atoms with Gasteiger partial charge in [0.05, 0.1) is 11.3 Å².